The fourth-order valence-electron chi connectivity index (χ4n) is 2.15. The molecule has 0 aliphatic carbocycles. The van der Waals surface area contributed by atoms with Crippen LogP contribution in [0.25, 0.3) is 0 Å². The second kappa shape index (κ2) is 9.01. The van der Waals surface area contributed by atoms with Gasteiger partial charge >= 0.3 is 0 Å². The van der Waals surface area contributed by atoms with Gasteiger partial charge in [0.1, 0.15) is 5.75 Å². The predicted octanol–water partition coefficient (Wildman–Crippen LogP) is 5.48. The fraction of sp³-hybridized carbons (Fsp3) is 0.667. The molecule has 0 radical (unpaired) electrons. The van der Waals surface area contributed by atoms with Gasteiger partial charge in [0.25, 0.3) is 0 Å². The number of ether oxygens (including phenoxy) is 1. The van der Waals surface area contributed by atoms with Crippen molar-refractivity contribution >= 4 is 0 Å². The van der Waals surface area contributed by atoms with E-state index in [1.807, 2.05) is 0 Å². The molecule has 0 aliphatic rings. The van der Waals surface area contributed by atoms with Gasteiger partial charge in [0.15, 0.2) is 0 Å². The quantitative estimate of drug-likeness (QED) is 0.535. The lowest BCUT2D eigenvalue weighted by atomic mass is 10.0. The Hall–Kier alpha value is -0.980. The van der Waals surface area contributed by atoms with Crippen LogP contribution in [0, 0.1) is 11.8 Å². The SMILES string of the molecule is CC(C)CCCOc1ccc(CCCC(C)C)cc1. The van der Waals surface area contributed by atoms with Crippen molar-refractivity contribution in [2.45, 2.75) is 59.8 Å². The molecule has 1 rings (SSSR count). The van der Waals surface area contributed by atoms with Gasteiger partial charge < -0.3 is 4.74 Å². The summed E-state index contributed by atoms with van der Waals surface area (Å²) in [5.74, 6) is 2.59. The minimum Gasteiger partial charge on any atom is -0.494 e. The monoisotopic (exact) mass is 262 g/mol. The van der Waals surface area contributed by atoms with Gasteiger partial charge in [-0.2, -0.15) is 0 Å². The molecule has 0 unspecified atom stereocenters. The molecule has 0 atom stereocenters. The van der Waals surface area contributed by atoms with Crippen LogP contribution in [0.3, 0.4) is 0 Å². The summed E-state index contributed by atoms with van der Waals surface area (Å²) in [5.41, 5.74) is 1.43. The van der Waals surface area contributed by atoms with Crippen molar-refractivity contribution < 1.29 is 4.74 Å². The van der Waals surface area contributed by atoms with Gasteiger partial charge in [-0.25, -0.2) is 0 Å². The van der Waals surface area contributed by atoms with E-state index in [1.54, 1.807) is 0 Å². The van der Waals surface area contributed by atoms with E-state index in [2.05, 4.69) is 52.0 Å². The summed E-state index contributed by atoms with van der Waals surface area (Å²) in [4.78, 5) is 0. The predicted molar refractivity (Wildman–Crippen MR) is 83.8 cm³/mol. The highest BCUT2D eigenvalue weighted by Crippen LogP contribution is 2.16. The summed E-state index contributed by atoms with van der Waals surface area (Å²) >= 11 is 0. The van der Waals surface area contributed by atoms with Gasteiger partial charge in [-0.05, 0) is 55.2 Å². The Morgan fingerprint density at radius 1 is 0.842 bits per heavy atom. The summed E-state index contributed by atoms with van der Waals surface area (Å²) in [6.07, 6.45) is 6.17. The van der Waals surface area contributed by atoms with E-state index in [0.717, 1.165) is 30.6 Å². The average molecular weight is 262 g/mol. The lowest BCUT2D eigenvalue weighted by Crippen LogP contribution is -1.99. The Balaban J connectivity index is 2.23. The smallest absolute Gasteiger partial charge is 0.119 e. The molecule has 0 aliphatic heterocycles. The van der Waals surface area contributed by atoms with E-state index in [9.17, 15) is 0 Å². The minimum atomic E-state index is 0.770. The van der Waals surface area contributed by atoms with Gasteiger partial charge in [0, 0.05) is 0 Å². The molecule has 0 fully saturated rings. The highest BCUT2D eigenvalue weighted by atomic mass is 16.5. The van der Waals surface area contributed by atoms with Crippen molar-refractivity contribution in [3.63, 3.8) is 0 Å². The van der Waals surface area contributed by atoms with Crippen LogP contribution in [-0.4, -0.2) is 6.61 Å². The van der Waals surface area contributed by atoms with Crippen LogP contribution in [0.2, 0.25) is 0 Å². The zero-order valence-corrected chi connectivity index (χ0v) is 13.1. The highest BCUT2D eigenvalue weighted by molar-refractivity contribution is 5.27. The second-order valence-corrected chi connectivity index (χ2v) is 6.31. The molecule has 0 saturated carbocycles. The first kappa shape index (κ1) is 16.1. The molecule has 0 amide bonds. The first-order valence-corrected chi connectivity index (χ1v) is 7.79. The maximum atomic E-state index is 5.75. The van der Waals surface area contributed by atoms with Gasteiger partial charge in [-0.3, -0.25) is 0 Å². The topological polar surface area (TPSA) is 9.23 Å². The zero-order chi connectivity index (χ0) is 14.1. The van der Waals surface area contributed by atoms with Crippen molar-refractivity contribution in [3.05, 3.63) is 29.8 Å². The highest BCUT2D eigenvalue weighted by Gasteiger charge is 1.99. The number of hydrogen-bond donors (Lipinski definition) is 0. The summed E-state index contributed by atoms with van der Waals surface area (Å²) in [5, 5.41) is 0. The molecular formula is C18H30O. The molecule has 0 spiro atoms. The first-order valence-electron chi connectivity index (χ1n) is 7.79. The van der Waals surface area contributed by atoms with Gasteiger partial charge in [0.2, 0.25) is 0 Å². The summed E-state index contributed by atoms with van der Waals surface area (Å²) < 4.78 is 5.75. The van der Waals surface area contributed by atoms with E-state index in [0.29, 0.717) is 0 Å². The molecule has 1 heteroatoms. The van der Waals surface area contributed by atoms with Crippen LogP contribution in [-0.2, 0) is 6.42 Å². The largest absolute Gasteiger partial charge is 0.494 e. The van der Waals surface area contributed by atoms with Crippen LogP contribution in [0.4, 0.5) is 0 Å². The third kappa shape index (κ3) is 7.92. The van der Waals surface area contributed by atoms with Crippen molar-refractivity contribution in [2.75, 3.05) is 6.61 Å². The molecule has 0 N–H and O–H groups in total. The fourth-order valence-corrected chi connectivity index (χ4v) is 2.15. The molecular weight excluding hydrogens is 232 g/mol. The summed E-state index contributed by atoms with van der Waals surface area (Å²) in [6, 6.07) is 8.64. The van der Waals surface area contributed by atoms with Crippen LogP contribution in [0.5, 0.6) is 5.75 Å². The molecule has 0 aromatic heterocycles. The van der Waals surface area contributed by atoms with E-state index < -0.39 is 0 Å². The Kier molecular flexibility index (Phi) is 7.62. The Labute approximate surface area is 119 Å². The summed E-state index contributed by atoms with van der Waals surface area (Å²) in [6.45, 7) is 9.92. The maximum Gasteiger partial charge on any atom is 0.119 e. The summed E-state index contributed by atoms with van der Waals surface area (Å²) in [7, 11) is 0. The van der Waals surface area contributed by atoms with Gasteiger partial charge in [-0.1, -0.05) is 46.2 Å². The third-order valence-corrected chi connectivity index (χ3v) is 3.36. The molecule has 0 saturated heterocycles. The number of rotatable bonds is 9. The number of hydrogen-bond acceptors (Lipinski definition) is 1. The Morgan fingerprint density at radius 2 is 1.42 bits per heavy atom. The van der Waals surface area contributed by atoms with Crippen LogP contribution in [0.1, 0.15) is 58.9 Å². The molecule has 1 nitrogen and oxygen atoms in total. The standard InChI is InChI=1S/C18H30O/c1-15(2)7-5-9-17-10-12-18(13-11-17)19-14-6-8-16(3)4/h10-13,15-16H,5-9,14H2,1-4H3. The van der Waals surface area contributed by atoms with Crippen molar-refractivity contribution in [3.8, 4) is 5.75 Å². The molecule has 108 valence electrons. The van der Waals surface area contributed by atoms with Crippen molar-refractivity contribution in [1.82, 2.24) is 0 Å². The molecule has 0 heterocycles. The average Bonchev–Trinajstić information content (AvgIpc) is 2.36. The molecule has 1 aromatic carbocycles. The third-order valence-electron chi connectivity index (χ3n) is 3.36. The minimum absolute atomic E-state index is 0.770. The molecule has 0 bridgehead atoms. The Morgan fingerprint density at radius 3 is 2.00 bits per heavy atom. The maximum absolute atomic E-state index is 5.75. The molecule has 1 aromatic rings. The molecule has 19 heavy (non-hydrogen) atoms. The Bertz CT molecular complexity index is 324. The van der Waals surface area contributed by atoms with Crippen molar-refractivity contribution in [2.24, 2.45) is 11.8 Å². The van der Waals surface area contributed by atoms with E-state index >= 15 is 0 Å². The number of benzene rings is 1. The van der Waals surface area contributed by atoms with Crippen molar-refractivity contribution in [1.29, 1.82) is 0 Å². The van der Waals surface area contributed by atoms with E-state index in [4.69, 9.17) is 4.74 Å². The zero-order valence-electron chi connectivity index (χ0n) is 13.1. The lowest BCUT2D eigenvalue weighted by molar-refractivity contribution is 0.297. The lowest BCUT2D eigenvalue weighted by Gasteiger charge is -2.09. The van der Waals surface area contributed by atoms with Crippen LogP contribution >= 0.6 is 0 Å². The van der Waals surface area contributed by atoms with Crippen LogP contribution < -0.4 is 4.74 Å². The second-order valence-electron chi connectivity index (χ2n) is 6.31. The van der Waals surface area contributed by atoms with E-state index in [-0.39, 0.29) is 0 Å². The van der Waals surface area contributed by atoms with Gasteiger partial charge in [0.05, 0.1) is 6.61 Å². The first-order chi connectivity index (χ1) is 9.08. The normalized spacial score (nSPS) is 11.3. The van der Waals surface area contributed by atoms with Crippen LogP contribution in [0.15, 0.2) is 24.3 Å². The number of aryl methyl sites for hydroxylation is 1. The van der Waals surface area contributed by atoms with E-state index in [1.165, 1.54) is 31.2 Å². The van der Waals surface area contributed by atoms with Gasteiger partial charge in [-0.15, -0.1) is 0 Å².